The molecule has 0 aliphatic carbocycles. The number of carbonyl (C=O) groups is 1. The first-order chi connectivity index (χ1) is 14.4. The van der Waals surface area contributed by atoms with Gasteiger partial charge in [0.1, 0.15) is 48.7 Å². The fourth-order valence-electron chi connectivity index (χ4n) is 4.10. The molecule has 1 amide bonds. The number of nitrogens with one attached hydrogen (secondary N) is 1. The molecular weight excluding hydrogens is 417 g/mol. The molecule has 12 heteroatoms. The van der Waals surface area contributed by atoms with E-state index >= 15 is 4.39 Å². The number of alkyl halides is 1. The summed E-state index contributed by atoms with van der Waals surface area (Å²) in [6.07, 6.45) is 3.63. The minimum Gasteiger partial charge on any atom is -0.349 e. The van der Waals surface area contributed by atoms with Gasteiger partial charge >= 0.3 is 0 Å². The molecule has 0 saturated carbocycles. The van der Waals surface area contributed by atoms with Gasteiger partial charge in [0.05, 0.1) is 11.6 Å². The molecule has 1 N–H and O–H groups in total. The topological polar surface area (TPSA) is 58.1 Å². The smallest absolute Gasteiger partial charge is 0.253 e. The third-order valence-electron chi connectivity index (χ3n) is 6.99. The molecule has 0 bridgehead atoms. The molecule has 1 atom stereocenters. The van der Waals surface area contributed by atoms with Gasteiger partial charge in [0.25, 0.3) is 5.91 Å². The van der Waals surface area contributed by atoms with E-state index in [9.17, 15) is 9.18 Å². The molecular formula is C19H25B4ClF2N4O. The third-order valence-corrected chi connectivity index (χ3v) is 7.28. The highest BCUT2D eigenvalue weighted by Gasteiger charge is 2.59. The summed E-state index contributed by atoms with van der Waals surface area (Å²) in [5.74, 6) is -0.266. The average molecular weight is 442 g/mol. The zero-order chi connectivity index (χ0) is 23.0. The lowest BCUT2D eigenvalue weighted by atomic mass is 9.27. The number of carbonyl (C=O) groups excluding carboxylic acids is 1. The highest BCUT2D eigenvalue weighted by atomic mass is 35.5. The minimum atomic E-state index is -1.56. The van der Waals surface area contributed by atoms with E-state index in [-0.39, 0.29) is 36.0 Å². The van der Waals surface area contributed by atoms with Crippen LogP contribution < -0.4 is 5.32 Å². The molecule has 2 aromatic rings. The van der Waals surface area contributed by atoms with Crippen molar-refractivity contribution in [1.29, 1.82) is 0 Å². The summed E-state index contributed by atoms with van der Waals surface area (Å²) in [6, 6.07) is 3.91. The second-order valence-electron chi connectivity index (χ2n) is 9.27. The van der Waals surface area contributed by atoms with Gasteiger partial charge in [0.15, 0.2) is 0 Å². The number of amides is 1. The van der Waals surface area contributed by atoms with Gasteiger partial charge in [0.2, 0.25) is 0 Å². The monoisotopic (exact) mass is 442 g/mol. The molecule has 160 valence electrons. The van der Waals surface area contributed by atoms with E-state index in [2.05, 4.69) is 15.3 Å². The van der Waals surface area contributed by atoms with Gasteiger partial charge < -0.3 is 10.2 Å². The van der Waals surface area contributed by atoms with Gasteiger partial charge in [0, 0.05) is 31.0 Å². The summed E-state index contributed by atoms with van der Waals surface area (Å²) in [4.78, 5) is 23.3. The van der Waals surface area contributed by atoms with Crippen molar-refractivity contribution in [1.82, 2.24) is 20.2 Å². The van der Waals surface area contributed by atoms with Gasteiger partial charge in [-0.15, -0.1) is 0 Å². The molecule has 0 radical (unpaired) electrons. The van der Waals surface area contributed by atoms with Crippen LogP contribution in [0.15, 0.2) is 30.6 Å². The lowest BCUT2D eigenvalue weighted by Gasteiger charge is -2.61. The number of piperidine rings is 1. The average Bonchev–Trinajstić information content (AvgIpc) is 2.70. The molecule has 1 unspecified atom stereocenters. The number of hydrogen-bond acceptors (Lipinski definition) is 4. The van der Waals surface area contributed by atoms with Crippen LogP contribution in [0.25, 0.3) is 0 Å². The maximum Gasteiger partial charge on any atom is 0.253 e. The van der Waals surface area contributed by atoms with Crippen molar-refractivity contribution >= 4 is 48.9 Å². The largest absolute Gasteiger partial charge is 0.349 e. The maximum absolute atomic E-state index is 16.3. The Labute approximate surface area is 190 Å². The van der Waals surface area contributed by atoms with Crippen LogP contribution in [-0.4, -0.2) is 76.3 Å². The van der Waals surface area contributed by atoms with E-state index in [1.807, 2.05) is 38.3 Å². The summed E-state index contributed by atoms with van der Waals surface area (Å²) in [7, 11) is 7.42. The van der Waals surface area contributed by atoms with E-state index in [1.54, 1.807) is 17.3 Å². The fraction of sp³-hybridized carbons (Fsp3) is 0.421. The van der Waals surface area contributed by atoms with E-state index in [0.29, 0.717) is 12.4 Å². The van der Waals surface area contributed by atoms with Crippen molar-refractivity contribution in [3.63, 3.8) is 0 Å². The summed E-state index contributed by atoms with van der Waals surface area (Å²) in [6.45, 7) is 2.63. The van der Waals surface area contributed by atoms with Gasteiger partial charge in [-0.05, 0) is 47.7 Å². The zero-order valence-corrected chi connectivity index (χ0v) is 19.4. The summed E-state index contributed by atoms with van der Waals surface area (Å²) in [5.41, 5.74) is -0.303. The molecule has 2 heterocycles. The zero-order valence-electron chi connectivity index (χ0n) is 18.6. The van der Waals surface area contributed by atoms with Crippen LogP contribution in [0.2, 0.25) is 10.2 Å². The van der Waals surface area contributed by atoms with Crippen LogP contribution in [0.5, 0.6) is 0 Å². The van der Waals surface area contributed by atoms with E-state index in [0.717, 1.165) is 5.56 Å². The summed E-state index contributed by atoms with van der Waals surface area (Å²) in [5, 5.41) is 1.36. The van der Waals surface area contributed by atoms with Gasteiger partial charge in [-0.3, -0.25) is 4.79 Å². The Bertz CT molecular complexity index is 980. The number of rotatable bonds is 5. The number of nitrogens with zero attached hydrogens (tertiary/aromatic N) is 3. The predicted molar refractivity (Wildman–Crippen MR) is 129 cm³/mol. The number of halogens is 3. The number of likely N-dealkylation sites (tertiary alicyclic amines) is 1. The molecule has 1 aliphatic rings. The third kappa shape index (κ3) is 4.40. The van der Waals surface area contributed by atoms with Gasteiger partial charge in [-0.2, -0.15) is 0 Å². The Morgan fingerprint density at radius 2 is 1.90 bits per heavy atom. The Hall–Kier alpha value is -1.86. The molecule has 5 nitrogen and oxygen atoms in total. The molecule has 1 aromatic heterocycles. The molecule has 1 saturated heterocycles. The standard InChI is InChI=1S/C19H25B4ClF2N4O/c1-11-7-28-15(29-8-11)9-27-10-17(26)4-5-30(19(22,23)18(17,20)21)16(31)12-2-3-14(25)13(24)6-12/h2-3,6-8,27H,4-5,9-10,20-23H2,1H3. The first-order valence-electron chi connectivity index (χ1n) is 10.3. The Morgan fingerprint density at radius 1 is 1.26 bits per heavy atom. The maximum atomic E-state index is 16.3. The number of aromatic nitrogens is 2. The molecule has 1 aliphatic heterocycles. The van der Waals surface area contributed by atoms with Gasteiger partial charge in [-0.1, -0.05) is 11.6 Å². The Kier molecular flexibility index (Phi) is 6.59. The highest BCUT2D eigenvalue weighted by Crippen LogP contribution is 2.51. The molecule has 1 aromatic carbocycles. The molecule has 31 heavy (non-hydrogen) atoms. The van der Waals surface area contributed by atoms with Crippen molar-refractivity contribution < 1.29 is 13.6 Å². The van der Waals surface area contributed by atoms with E-state index in [1.165, 1.54) is 18.2 Å². The second-order valence-corrected chi connectivity index (χ2v) is 9.67. The van der Waals surface area contributed by atoms with Crippen LogP contribution >= 0.6 is 11.6 Å². The van der Waals surface area contributed by atoms with Crippen molar-refractivity contribution in [2.24, 2.45) is 0 Å². The second kappa shape index (κ2) is 8.58. The van der Waals surface area contributed by atoms with E-state index in [4.69, 9.17) is 11.6 Å². The number of hydrogen-bond donors (Lipinski definition) is 1. The van der Waals surface area contributed by atoms with Crippen molar-refractivity contribution in [2.45, 2.75) is 36.1 Å². The highest BCUT2D eigenvalue weighted by molar-refractivity contribution is 6.55. The van der Waals surface area contributed by atoms with Crippen molar-refractivity contribution in [2.75, 3.05) is 13.1 Å². The van der Waals surface area contributed by atoms with Crippen molar-refractivity contribution in [3.05, 3.63) is 58.4 Å². The van der Waals surface area contributed by atoms with Crippen molar-refractivity contribution in [3.8, 4) is 0 Å². The lowest BCUT2D eigenvalue weighted by Crippen LogP contribution is -2.72. The van der Waals surface area contributed by atoms with Crippen LogP contribution in [0, 0.1) is 12.7 Å². The number of aryl methyl sites for hydroxylation is 1. The minimum absolute atomic E-state index is 0.109. The SMILES string of the molecule is BC1(B)N(C(=O)c2ccc(F)c(Cl)c2)CCC(F)(CNCc2ncc(C)cn2)C1(B)B. The van der Waals surface area contributed by atoms with Crippen LogP contribution in [0.1, 0.15) is 28.2 Å². The van der Waals surface area contributed by atoms with Crippen LogP contribution in [-0.2, 0) is 6.54 Å². The Balaban J connectivity index is 1.76. The van der Waals surface area contributed by atoms with Gasteiger partial charge in [-0.25, -0.2) is 18.7 Å². The molecule has 3 rings (SSSR count). The van der Waals surface area contributed by atoms with Crippen LogP contribution in [0.3, 0.4) is 0 Å². The molecule has 1 fully saturated rings. The first kappa shape index (κ1) is 23.8. The quantitative estimate of drug-likeness (QED) is 0.619. The predicted octanol–water partition coefficient (Wildman–Crippen LogP) is -0.776. The Morgan fingerprint density at radius 3 is 2.52 bits per heavy atom. The van der Waals surface area contributed by atoms with E-state index < -0.39 is 22.0 Å². The number of benzene rings is 1. The first-order valence-corrected chi connectivity index (χ1v) is 10.7. The summed E-state index contributed by atoms with van der Waals surface area (Å²) >= 11 is 5.86. The van der Waals surface area contributed by atoms with Crippen LogP contribution in [0.4, 0.5) is 8.78 Å². The fourth-order valence-corrected chi connectivity index (χ4v) is 4.28. The normalized spacial score (nSPS) is 22.3. The summed E-state index contributed by atoms with van der Waals surface area (Å²) < 4.78 is 29.8. The molecule has 0 spiro atoms. The lowest BCUT2D eigenvalue weighted by molar-refractivity contribution is 0.0140.